The third-order valence-electron chi connectivity index (χ3n) is 3.26. The van der Waals surface area contributed by atoms with Crippen molar-refractivity contribution in [2.45, 2.75) is 31.3 Å². The van der Waals surface area contributed by atoms with E-state index in [0.29, 0.717) is 0 Å². The standard InChI is InChI=1S/C10H15N3O4/c1-5-4-10(17,7(5)14)8(15)13-3-2-6(11)12-9(13)16/h2-3,5,7-8,14-15,17H,4H2,1H3,(H2,11,12,16)/t5?,7?,8?,10-/m0/s1. The zero-order chi connectivity index (χ0) is 12.8. The molecule has 5 N–H and O–H groups in total. The van der Waals surface area contributed by atoms with Crippen LogP contribution >= 0.6 is 0 Å². The topological polar surface area (TPSA) is 122 Å². The van der Waals surface area contributed by atoms with Gasteiger partial charge in [0.15, 0.2) is 6.23 Å². The lowest BCUT2D eigenvalue weighted by molar-refractivity contribution is -0.250. The summed E-state index contributed by atoms with van der Waals surface area (Å²) in [6, 6.07) is 1.34. The van der Waals surface area contributed by atoms with Gasteiger partial charge in [-0.3, -0.25) is 4.57 Å². The first kappa shape index (κ1) is 12.0. The van der Waals surface area contributed by atoms with Crippen molar-refractivity contribution in [2.75, 3.05) is 5.73 Å². The summed E-state index contributed by atoms with van der Waals surface area (Å²) in [5, 5.41) is 29.6. The van der Waals surface area contributed by atoms with E-state index < -0.39 is 23.6 Å². The number of nitrogens with zero attached hydrogens (tertiary/aromatic N) is 2. The second kappa shape index (κ2) is 3.80. The van der Waals surface area contributed by atoms with Crippen LogP contribution in [0.2, 0.25) is 0 Å². The van der Waals surface area contributed by atoms with Crippen LogP contribution in [0.15, 0.2) is 17.1 Å². The highest BCUT2D eigenvalue weighted by atomic mass is 16.4. The number of aromatic nitrogens is 2. The summed E-state index contributed by atoms with van der Waals surface area (Å²) in [6.45, 7) is 1.75. The predicted molar refractivity (Wildman–Crippen MR) is 58.9 cm³/mol. The summed E-state index contributed by atoms with van der Waals surface area (Å²) in [7, 11) is 0. The quantitative estimate of drug-likeness (QED) is 0.497. The van der Waals surface area contributed by atoms with Crippen LogP contribution in [-0.2, 0) is 0 Å². The minimum atomic E-state index is -1.71. The molecule has 1 heterocycles. The van der Waals surface area contributed by atoms with Crippen molar-refractivity contribution < 1.29 is 15.3 Å². The summed E-state index contributed by atoms with van der Waals surface area (Å²) >= 11 is 0. The molecule has 0 radical (unpaired) electrons. The third-order valence-corrected chi connectivity index (χ3v) is 3.26. The molecule has 7 nitrogen and oxygen atoms in total. The third kappa shape index (κ3) is 1.72. The lowest BCUT2D eigenvalue weighted by Gasteiger charge is -2.49. The van der Waals surface area contributed by atoms with Crippen LogP contribution < -0.4 is 11.4 Å². The molecule has 3 unspecified atom stereocenters. The first-order valence-corrected chi connectivity index (χ1v) is 5.29. The molecule has 0 saturated heterocycles. The normalized spacial score (nSPS) is 34.1. The molecule has 1 aromatic heterocycles. The molecule has 1 aliphatic rings. The number of nitrogens with two attached hydrogens (primary N) is 1. The first-order valence-electron chi connectivity index (χ1n) is 5.29. The Morgan fingerprint density at radius 2 is 2.35 bits per heavy atom. The van der Waals surface area contributed by atoms with Crippen molar-refractivity contribution in [1.82, 2.24) is 9.55 Å². The lowest BCUT2D eigenvalue weighted by atomic mass is 9.67. The van der Waals surface area contributed by atoms with Gasteiger partial charge in [-0.15, -0.1) is 0 Å². The molecule has 0 amide bonds. The fraction of sp³-hybridized carbons (Fsp3) is 0.600. The van der Waals surface area contributed by atoms with Gasteiger partial charge in [0.1, 0.15) is 11.4 Å². The molecule has 0 spiro atoms. The van der Waals surface area contributed by atoms with Gasteiger partial charge >= 0.3 is 5.69 Å². The molecular weight excluding hydrogens is 226 g/mol. The fourth-order valence-electron chi connectivity index (χ4n) is 2.19. The molecule has 1 aliphatic carbocycles. The van der Waals surface area contributed by atoms with E-state index >= 15 is 0 Å². The minimum Gasteiger partial charge on any atom is -0.390 e. The Balaban J connectivity index is 2.32. The Morgan fingerprint density at radius 1 is 1.71 bits per heavy atom. The van der Waals surface area contributed by atoms with E-state index in [4.69, 9.17) is 5.73 Å². The Hall–Kier alpha value is -1.44. The molecule has 7 heteroatoms. The van der Waals surface area contributed by atoms with Crippen molar-refractivity contribution in [3.05, 3.63) is 22.7 Å². The van der Waals surface area contributed by atoms with E-state index in [1.165, 1.54) is 12.3 Å². The maximum atomic E-state index is 11.5. The van der Waals surface area contributed by atoms with Crippen molar-refractivity contribution >= 4 is 5.82 Å². The van der Waals surface area contributed by atoms with Gasteiger partial charge in [0.25, 0.3) is 0 Å². The van der Waals surface area contributed by atoms with Gasteiger partial charge in [-0.25, -0.2) is 4.79 Å². The van der Waals surface area contributed by atoms with Crippen molar-refractivity contribution in [2.24, 2.45) is 5.92 Å². The summed E-state index contributed by atoms with van der Waals surface area (Å²) in [4.78, 5) is 14.9. The zero-order valence-corrected chi connectivity index (χ0v) is 9.32. The minimum absolute atomic E-state index is 0.0352. The second-order valence-electron chi connectivity index (χ2n) is 4.53. The van der Waals surface area contributed by atoms with E-state index in [2.05, 4.69) is 4.98 Å². The Labute approximate surface area is 97.1 Å². The van der Waals surface area contributed by atoms with E-state index in [0.717, 1.165) is 4.57 Å². The smallest absolute Gasteiger partial charge is 0.351 e. The maximum absolute atomic E-state index is 11.5. The molecule has 94 valence electrons. The second-order valence-corrected chi connectivity index (χ2v) is 4.53. The van der Waals surface area contributed by atoms with Gasteiger partial charge in [0.2, 0.25) is 0 Å². The molecule has 0 aliphatic heterocycles. The summed E-state index contributed by atoms with van der Waals surface area (Å²) in [5.41, 5.74) is 2.84. The SMILES string of the molecule is CC1C[C@@](O)(C(O)n2ccc(N)nc2=O)C1O. The van der Waals surface area contributed by atoms with Crippen LogP contribution in [0.4, 0.5) is 5.82 Å². The van der Waals surface area contributed by atoms with E-state index in [1.807, 2.05) is 0 Å². The molecule has 4 atom stereocenters. The van der Waals surface area contributed by atoms with Crippen LogP contribution in [-0.4, -0.2) is 36.6 Å². The molecule has 17 heavy (non-hydrogen) atoms. The largest absolute Gasteiger partial charge is 0.390 e. The Bertz CT molecular complexity index is 489. The van der Waals surface area contributed by atoms with Crippen molar-refractivity contribution in [1.29, 1.82) is 0 Å². The highest BCUT2D eigenvalue weighted by molar-refractivity contribution is 5.23. The monoisotopic (exact) mass is 241 g/mol. The number of hydrogen-bond donors (Lipinski definition) is 4. The van der Waals surface area contributed by atoms with Gasteiger partial charge < -0.3 is 21.1 Å². The molecule has 1 saturated carbocycles. The van der Waals surface area contributed by atoms with E-state index in [-0.39, 0.29) is 18.2 Å². The number of anilines is 1. The van der Waals surface area contributed by atoms with Gasteiger partial charge in [0.05, 0.1) is 6.10 Å². The van der Waals surface area contributed by atoms with E-state index in [1.54, 1.807) is 6.92 Å². The summed E-state index contributed by atoms with van der Waals surface area (Å²) < 4.78 is 0.853. The maximum Gasteiger partial charge on any atom is 0.351 e. The molecule has 0 aromatic carbocycles. The number of rotatable bonds is 2. The number of hydrogen-bond acceptors (Lipinski definition) is 6. The van der Waals surface area contributed by atoms with Gasteiger partial charge in [-0.1, -0.05) is 6.92 Å². The van der Waals surface area contributed by atoms with Crippen LogP contribution in [0.25, 0.3) is 0 Å². The average Bonchev–Trinajstić information content (AvgIpc) is 2.27. The van der Waals surface area contributed by atoms with Gasteiger partial charge in [-0.05, 0) is 18.4 Å². The molecule has 1 aromatic rings. The van der Waals surface area contributed by atoms with Gasteiger partial charge in [0, 0.05) is 6.20 Å². The highest BCUT2D eigenvalue weighted by Gasteiger charge is 2.55. The van der Waals surface area contributed by atoms with Crippen LogP contribution in [0.5, 0.6) is 0 Å². The number of nitrogen functional groups attached to an aromatic ring is 1. The molecular formula is C10H15N3O4. The van der Waals surface area contributed by atoms with Crippen LogP contribution in [0.1, 0.15) is 19.6 Å². The van der Waals surface area contributed by atoms with Crippen molar-refractivity contribution in [3.8, 4) is 0 Å². The van der Waals surface area contributed by atoms with Crippen molar-refractivity contribution in [3.63, 3.8) is 0 Å². The zero-order valence-electron chi connectivity index (χ0n) is 9.32. The Kier molecular flexibility index (Phi) is 2.69. The number of aliphatic hydroxyl groups is 3. The average molecular weight is 241 g/mol. The Morgan fingerprint density at radius 3 is 2.82 bits per heavy atom. The van der Waals surface area contributed by atoms with E-state index in [9.17, 15) is 20.1 Å². The number of aliphatic hydroxyl groups excluding tert-OH is 2. The summed E-state index contributed by atoms with van der Waals surface area (Å²) in [6.07, 6.45) is -1.15. The fourth-order valence-corrected chi connectivity index (χ4v) is 2.19. The van der Waals surface area contributed by atoms with Crippen LogP contribution in [0, 0.1) is 5.92 Å². The predicted octanol–water partition coefficient (Wildman–Crippen LogP) is -1.55. The summed E-state index contributed by atoms with van der Waals surface area (Å²) in [5.74, 6) is -0.0833. The molecule has 2 rings (SSSR count). The molecule has 0 bridgehead atoms. The highest BCUT2D eigenvalue weighted by Crippen LogP contribution is 2.43. The van der Waals surface area contributed by atoms with Gasteiger partial charge in [-0.2, -0.15) is 4.98 Å². The molecule has 1 fully saturated rings. The first-order chi connectivity index (χ1) is 7.86. The lowest BCUT2D eigenvalue weighted by Crippen LogP contribution is -2.63. The van der Waals surface area contributed by atoms with Crippen LogP contribution in [0.3, 0.4) is 0 Å².